The number of nitrogens with zero attached hydrogens (tertiary/aromatic N) is 5. The summed E-state index contributed by atoms with van der Waals surface area (Å²) in [6.45, 7) is 2.97. The van der Waals surface area contributed by atoms with Crippen LogP contribution in [0.4, 0.5) is 5.95 Å². The highest BCUT2D eigenvalue weighted by molar-refractivity contribution is 9.09. The molecule has 0 aliphatic carbocycles. The van der Waals surface area contributed by atoms with Crippen molar-refractivity contribution in [3.63, 3.8) is 0 Å². The van der Waals surface area contributed by atoms with Gasteiger partial charge in [-0.15, -0.1) is 0 Å². The largest absolute Gasteiger partial charge is 0.342 e. The predicted octanol–water partition coefficient (Wildman–Crippen LogP) is 0.430. The molecule has 0 N–H and O–H groups in total. The molecule has 1 unspecified atom stereocenters. The van der Waals surface area contributed by atoms with Crippen LogP contribution in [-0.4, -0.2) is 38.6 Å². The van der Waals surface area contributed by atoms with Gasteiger partial charge in [0, 0.05) is 25.5 Å². The lowest BCUT2D eigenvalue weighted by atomic mass is 10.4. The van der Waals surface area contributed by atoms with Crippen LogP contribution in [0.1, 0.15) is 6.92 Å². The van der Waals surface area contributed by atoms with E-state index in [-0.39, 0.29) is 0 Å². The van der Waals surface area contributed by atoms with Gasteiger partial charge in [-0.25, -0.2) is 4.68 Å². The number of rotatable bonds is 3. The van der Waals surface area contributed by atoms with Crippen LogP contribution in [0, 0.1) is 0 Å². The summed E-state index contributed by atoms with van der Waals surface area (Å²) in [4.78, 5) is 2.43. The SMILES string of the molecule is CC(Br)CN(C)c1nnnn1C. The highest BCUT2D eigenvalue weighted by Gasteiger charge is 2.09. The van der Waals surface area contributed by atoms with Crippen LogP contribution in [0.25, 0.3) is 0 Å². The van der Waals surface area contributed by atoms with Crippen molar-refractivity contribution in [2.24, 2.45) is 7.05 Å². The van der Waals surface area contributed by atoms with Crippen LogP contribution < -0.4 is 4.90 Å². The Kier molecular flexibility index (Phi) is 3.02. The van der Waals surface area contributed by atoms with Gasteiger partial charge in [-0.2, -0.15) is 0 Å². The van der Waals surface area contributed by atoms with Gasteiger partial charge in [-0.05, 0) is 10.4 Å². The molecule has 0 amide bonds. The summed E-state index contributed by atoms with van der Waals surface area (Å²) in [5.41, 5.74) is 0. The predicted molar refractivity (Wildman–Crippen MR) is 50.5 cm³/mol. The normalized spacial score (nSPS) is 13.0. The molecule has 1 heterocycles. The molecule has 6 heteroatoms. The zero-order chi connectivity index (χ0) is 9.14. The fraction of sp³-hybridized carbons (Fsp3) is 0.833. The van der Waals surface area contributed by atoms with E-state index in [1.165, 1.54) is 0 Å². The first-order chi connectivity index (χ1) is 5.61. The van der Waals surface area contributed by atoms with Crippen LogP contribution in [0.3, 0.4) is 0 Å². The Morgan fingerprint density at radius 2 is 2.33 bits per heavy atom. The van der Waals surface area contributed by atoms with E-state index in [1.54, 1.807) is 4.68 Å². The first kappa shape index (κ1) is 9.44. The van der Waals surface area contributed by atoms with Crippen LogP contribution >= 0.6 is 15.9 Å². The zero-order valence-corrected chi connectivity index (χ0v) is 8.98. The van der Waals surface area contributed by atoms with Gasteiger partial charge >= 0.3 is 0 Å². The average molecular weight is 234 g/mol. The summed E-state index contributed by atoms with van der Waals surface area (Å²) in [5, 5.41) is 11.2. The Hall–Kier alpha value is -0.650. The minimum Gasteiger partial charge on any atom is -0.342 e. The lowest BCUT2D eigenvalue weighted by molar-refractivity contribution is 0.695. The van der Waals surface area contributed by atoms with Gasteiger partial charge in [0.05, 0.1) is 0 Å². The molecule has 0 saturated carbocycles. The molecule has 1 rings (SSSR count). The Labute approximate surface area is 79.9 Å². The van der Waals surface area contributed by atoms with E-state index in [4.69, 9.17) is 0 Å². The molecule has 1 aromatic heterocycles. The number of tetrazole rings is 1. The van der Waals surface area contributed by atoms with Crippen molar-refractivity contribution in [3.05, 3.63) is 0 Å². The molecular formula is C6H12BrN5. The van der Waals surface area contributed by atoms with E-state index < -0.39 is 0 Å². The van der Waals surface area contributed by atoms with Crippen LogP contribution in [-0.2, 0) is 7.05 Å². The molecule has 0 fully saturated rings. The van der Waals surface area contributed by atoms with E-state index in [2.05, 4.69) is 38.4 Å². The summed E-state index contributed by atoms with van der Waals surface area (Å²) < 4.78 is 1.65. The molecule has 1 aromatic rings. The molecule has 0 radical (unpaired) electrons. The van der Waals surface area contributed by atoms with Gasteiger partial charge in [0.15, 0.2) is 0 Å². The minimum atomic E-state index is 0.430. The fourth-order valence-corrected chi connectivity index (χ4v) is 1.44. The summed E-state index contributed by atoms with van der Waals surface area (Å²) in [6, 6.07) is 0. The quantitative estimate of drug-likeness (QED) is 0.711. The van der Waals surface area contributed by atoms with Gasteiger partial charge in [-0.1, -0.05) is 28.0 Å². The molecule has 0 aliphatic rings. The smallest absolute Gasteiger partial charge is 0.245 e. The van der Waals surface area contributed by atoms with Crippen molar-refractivity contribution in [1.82, 2.24) is 20.2 Å². The third-order valence-corrected chi connectivity index (χ3v) is 1.75. The maximum Gasteiger partial charge on any atom is 0.245 e. The molecule has 0 aliphatic heterocycles. The molecule has 5 nitrogen and oxygen atoms in total. The minimum absolute atomic E-state index is 0.430. The Morgan fingerprint density at radius 1 is 1.67 bits per heavy atom. The second kappa shape index (κ2) is 3.84. The van der Waals surface area contributed by atoms with Crippen molar-refractivity contribution in [3.8, 4) is 0 Å². The molecule has 12 heavy (non-hydrogen) atoms. The van der Waals surface area contributed by atoms with Crippen LogP contribution in [0.2, 0.25) is 0 Å². The highest BCUT2D eigenvalue weighted by atomic mass is 79.9. The van der Waals surface area contributed by atoms with Gasteiger partial charge in [0.2, 0.25) is 5.95 Å². The number of aryl methyl sites for hydroxylation is 1. The number of hydrogen-bond donors (Lipinski definition) is 0. The van der Waals surface area contributed by atoms with E-state index in [1.807, 2.05) is 19.0 Å². The summed E-state index contributed by atoms with van der Waals surface area (Å²) in [5.74, 6) is 0.779. The van der Waals surface area contributed by atoms with Gasteiger partial charge in [-0.3, -0.25) is 0 Å². The fourth-order valence-electron chi connectivity index (χ4n) is 1.01. The summed E-state index contributed by atoms with van der Waals surface area (Å²) in [6.07, 6.45) is 0. The first-order valence-electron chi connectivity index (χ1n) is 3.69. The molecule has 0 aromatic carbocycles. The van der Waals surface area contributed by atoms with Crippen molar-refractivity contribution in [2.45, 2.75) is 11.8 Å². The summed E-state index contributed by atoms with van der Waals surface area (Å²) in [7, 11) is 3.79. The lowest BCUT2D eigenvalue weighted by Gasteiger charge is -2.17. The maximum absolute atomic E-state index is 3.88. The monoisotopic (exact) mass is 233 g/mol. The van der Waals surface area contributed by atoms with E-state index in [9.17, 15) is 0 Å². The van der Waals surface area contributed by atoms with E-state index in [0.29, 0.717) is 4.83 Å². The number of alkyl halides is 1. The Morgan fingerprint density at radius 3 is 2.75 bits per heavy atom. The van der Waals surface area contributed by atoms with Crippen molar-refractivity contribution < 1.29 is 0 Å². The highest BCUT2D eigenvalue weighted by Crippen LogP contribution is 2.07. The van der Waals surface area contributed by atoms with Crippen molar-refractivity contribution in [2.75, 3.05) is 18.5 Å². The summed E-state index contributed by atoms with van der Waals surface area (Å²) >= 11 is 3.47. The van der Waals surface area contributed by atoms with Gasteiger partial charge < -0.3 is 4.90 Å². The Balaban J connectivity index is 2.65. The van der Waals surface area contributed by atoms with Gasteiger partial charge in [0.1, 0.15) is 0 Å². The first-order valence-corrected chi connectivity index (χ1v) is 4.60. The molecule has 68 valence electrons. The third kappa shape index (κ3) is 2.17. The Bertz CT molecular complexity index is 246. The zero-order valence-electron chi connectivity index (χ0n) is 7.40. The molecule has 0 bridgehead atoms. The van der Waals surface area contributed by atoms with Gasteiger partial charge in [0.25, 0.3) is 0 Å². The molecule has 0 spiro atoms. The lowest BCUT2D eigenvalue weighted by Crippen LogP contribution is -2.26. The van der Waals surface area contributed by atoms with Crippen molar-refractivity contribution in [1.29, 1.82) is 0 Å². The standard InChI is InChI=1S/C6H12BrN5/c1-5(7)4-11(2)6-8-9-10-12(6)3/h5H,4H2,1-3H3. The number of halogens is 1. The van der Waals surface area contributed by atoms with Crippen molar-refractivity contribution >= 4 is 21.9 Å². The van der Waals surface area contributed by atoms with E-state index >= 15 is 0 Å². The van der Waals surface area contributed by atoms with Crippen LogP contribution in [0.5, 0.6) is 0 Å². The second-order valence-electron chi connectivity index (χ2n) is 2.76. The molecule has 0 saturated heterocycles. The number of anilines is 1. The third-order valence-electron chi connectivity index (χ3n) is 1.46. The number of hydrogen-bond acceptors (Lipinski definition) is 4. The average Bonchev–Trinajstić information content (AvgIpc) is 2.33. The van der Waals surface area contributed by atoms with Crippen LogP contribution in [0.15, 0.2) is 0 Å². The maximum atomic E-state index is 3.88. The topological polar surface area (TPSA) is 46.8 Å². The molecule has 1 atom stereocenters. The molecular weight excluding hydrogens is 222 g/mol. The number of aromatic nitrogens is 4. The second-order valence-corrected chi connectivity index (χ2v) is 4.33. The van der Waals surface area contributed by atoms with E-state index in [0.717, 1.165) is 12.5 Å².